The first-order chi connectivity index (χ1) is 8.95. The van der Waals surface area contributed by atoms with E-state index in [1.54, 1.807) is 6.92 Å². The minimum atomic E-state index is -1.15. The first kappa shape index (κ1) is 19.9. The number of carbonyl (C=O) groups is 2. The molecule has 0 bridgehead atoms. The number of hydrogen-bond acceptors (Lipinski definition) is 3. The van der Waals surface area contributed by atoms with E-state index in [0.29, 0.717) is 6.42 Å². The van der Waals surface area contributed by atoms with Crippen LogP contribution in [0.3, 0.4) is 0 Å². The fourth-order valence-electron chi connectivity index (χ4n) is 1.52. The Morgan fingerprint density at radius 1 is 1.35 bits per heavy atom. The number of halogens is 1. The fourth-order valence-corrected chi connectivity index (χ4v) is 2.13. The molecule has 106 valence electrons. The van der Waals surface area contributed by atoms with Crippen molar-refractivity contribution >= 4 is 64.1 Å². The van der Waals surface area contributed by atoms with Gasteiger partial charge in [-0.3, -0.25) is 9.59 Å². The van der Waals surface area contributed by atoms with Gasteiger partial charge < -0.3 is 9.84 Å². The molecule has 4 nitrogen and oxygen atoms in total. The number of carbonyl (C=O) groups excluding carboxylic acids is 1. The summed E-state index contributed by atoms with van der Waals surface area (Å²) in [5.74, 6) is -2.96. The van der Waals surface area contributed by atoms with Crippen LogP contribution in [0.25, 0.3) is 0 Å². The van der Waals surface area contributed by atoms with Gasteiger partial charge in [0.15, 0.2) is 5.92 Å². The van der Waals surface area contributed by atoms with Gasteiger partial charge in [-0.25, -0.2) is 0 Å². The van der Waals surface area contributed by atoms with Crippen LogP contribution >= 0.6 is 22.6 Å². The Morgan fingerprint density at radius 3 is 2.45 bits per heavy atom. The Balaban J connectivity index is 0.00000361. The number of carboxylic acid groups (broad SMARTS) is 1. The summed E-state index contributed by atoms with van der Waals surface area (Å²) >= 11 is 2.13. The molecule has 1 aromatic rings. The topological polar surface area (TPSA) is 63.6 Å². The quantitative estimate of drug-likeness (QED) is 0.344. The number of hydrogen-bond donors (Lipinski definition) is 1. The molecule has 6 heteroatoms. The molecule has 0 saturated heterocycles. The van der Waals surface area contributed by atoms with Gasteiger partial charge in [0.1, 0.15) is 0 Å². The van der Waals surface area contributed by atoms with Crippen LogP contribution in [0.4, 0.5) is 0 Å². The third-order valence-corrected chi connectivity index (χ3v) is 3.91. The molecule has 0 aromatic heterocycles. The number of rotatable bonds is 6. The molecule has 1 aromatic carbocycles. The summed E-state index contributed by atoms with van der Waals surface area (Å²) in [6, 6.07) is 7.41. The van der Waals surface area contributed by atoms with E-state index in [1.807, 2.05) is 31.2 Å². The zero-order chi connectivity index (χ0) is 14.4. The second kappa shape index (κ2) is 9.76. The van der Waals surface area contributed by atoms with Gasteiger partial charge in [-0.05, 0) is 54.0 Å². The molecular formula is C14H18INaO4. The molecule has 0 amide bonds. The Hall–Kier alpha value is -0.110. The summed E-state index contributed by atoms with van der Waals surface area (Å²) < 4.78 is 6.06. The summed E-state index contributed by atoms with van der Waals surface area (Å²) in [6.45, 7) is 3.64. The van der Waals surface area contributed by atoms with E-state index < -0.39 is 17.9 Å². The van der Waals surface area contributed by atoms with Crippen molar-refractivity contribution in [2.45, 2.75) is 32.8 Å². The Morgan fingerprint density at radius 2 is 1.95 bits per heavy atom. The Labute approximate surface area is 154 Å². The van der Waals surface area contributed by atoms with Crippen molar-refractivity contribution in [1.82, 2.24) is 0 Å². The number of carboxylic acids is 1. The monoisotopic (exact) mass is 400 g/mol. The molecule has 0 aliphatic heterocycles. The van der Waals surface area contributed by atoms with Crippen molar-refractivity contribution in [1.29, 1.82) is 0 Å². The van der Waals surface area contributed by atoms with E-state index in [-0.39, 0.29) is 42.1 Å². The number of esters is 1. The molecule has 2 atom stereocenters. The molecule has 0 heterocycles. The van der Waals surface area contributed by atoms with Crippen LogP contribution in [-0.4, -0.2) is 52.7 Å². The number of benzene rings is 1. The van der Waals surface area contributed by atoms with Crippen molar-refractivity contribution in [3.8, 4) is 0 Å². The zero-order valence-corrected chi connectivity index (χ0v) is 13.1. The van der Waals surface area contributed by atoms with E-state index >= 15 is 0 Å². The van der Waals surface area contributed by atoms with Crippen LogP contribution in [0.1, 0.15) is 25.8 Å². The van der Waals surface area contributed by atoms with Gasteiger partial charge in [-0.2, -0.15) is 0 Å². The van der Waals surface area contributed by atoms with Crippen LogP contribution in [0.5, 0.6) is 0 Å². The molecule has 0 spiro atoms. The SMILES string of the molecule is CCC(C)OC(=O)C(Cc1ccccc1I)C(=O)O.[NaH]. The van der Waals surface area contributed by atoms with Crippen LogP contribution in [0.15, 0.2) is 24.3 Å². The average molecular weight is 400 g/mol. The predicted molar refractivity (Wildman–Crippen MR) is 87.0 cm³/mol. The molecule has 0 aliphatic carbocycles. The second-order valence-corrected chi connectivity index (χ2v) is 5.50. The van der Waals surface area contributed by atoms with Gasteiger partial charge in [0, 0.05) is 3.57 Å². The van der Waals surface area contributed by atoms with E-state index in [2.05, 4.69) is 22.6 Å². The standard InChI is InChI=1S/C14H17IO4.Na.H/c1-3-9(2)19-14(18)11(13(16)17)8-10-6-4-5-7-12(10)15;;/h4-7,9,11H,3,8H2,1-2H3,(H,16,17);;. The molecule has 0 aliphatic rings. The molecular weight excluding hydrogens is 382 g/mol. The summed E-state index contributed by atoms with van der Waals surface area (Å²) in [4.78, 5) is 23.1. The van der Waals surface area contributed by atoms with Gasteiger partial charge in [0.05, 0.1) is 6.10 Å². The summed E-state index contributed by atoms with van der Waals surface area (Å²) in [7, 11) is 0. The molecule has 0 radical (unpaired) electrons. The van der Waals surface area contributed by atoms with Gasteiger partial charge in [-0.15, -0.1) is 0 Å². The molecule has 0 saturated carbocycles. The molecule has 20 heavy (non-hydrogen) atoms. The van der Waals surface area contributed by atoms with Gasteiger partial charge in [0.2, 0.25) is 0 Å². The fraction of sp³-hybridized carbons (Fsp3) is 0.429. The van der Waals surface area contributed by atoms with Crippen LogP contribution < -0.4 is 0 Å². The number of ether oxygens (including phenoxy) is 1. The van der Waals surface area contributed by atoms with Crippen molar-refractivity contribution in [3.05, 3.63) is 33.4 Å². The molecule has 0 fully saturated rings. The van der Waals surface area contributed by atoms with Crippen molar-refractivity contribution in [3.63, 3.8) is 0 Å². The Kier molecular flexibility index (Phi) is 9.71. The van der Waals surface area contributed by atoms with Gasteiger partial charge in [0.25, 0.3) is 0 Å². The zero-order valence-electron chi connectivity index (χ0n) is 10.9. The van der Waals surface area contributed by atoms with E-state index in [9.17, 15) is 14.7 Å². The third-order valence-electron chi connectivity index (χ3n) is 2.86. The summed E-state index contributed by atoms with van der Waals surface area (Å²) in [5, 5.41) is 9.18. The molecule has 2 unspecified atom stereocenters. The normalized spacial score (nSPS) is 12.9. The third kappa shape index (κ3) is 6.11. The van der Waals surface area contributed by atoms with Crippen molar-refractivity contribution < 1.29 is 19.4 Å². The van der Waals surface area contributed by atoms with Gasteiger partial charge >= 0.3 is 41.5 Å². The summed E-state index contributed by atoms with van der Waals surface area (Å²) in [6.07, 6.45) is 0.564. The second-order valence-electron chi connectivity index (χ2n) is 4.34. The Bertz CT molecular complexity index is 464. The van der Waals surface area contributed by atoms with Gasteiger partial charge in [-0.1, -0.05) is 25.1 Å². The van der Waals surface area contributed by atoms with Crippen LogP contribution in [0.2, 0.25) is 0 Å². The van der Waals surface area contributed by atoms with Crippen molar-refractivity contribution in [2.75, 3.05) is 0 Å². The van der Waals surface area contributed by atoms with E-state index in [0.717, 1.165) is 9.13 Å². The number of aliphatic carboxylic acids is 1. The van der Waals surface area contributed by atoms with Crippen molar-refractivity contribution in [2.24, 2.45) is 5.92 Å². The summed E-state index contributed by atoms with van der Waals surface area (Å²) in [5.41, 5.74) is 0.844. The first-order valence-electron chi connectivity index (χ1n) is 6.12. The maximum atomic E-state index is 11.9. The molecule has 1 N–H and O–H groups in total. The van der Waals surface area contributed by atoms with E-state index in [4.69, 9.17) is 4.74 Å². The van der Waals surface area contributed by atoms with Crippen LogP contribution in [0, 0.1) is 9.49 Å². The minimum absolute atomic E-state index is 0. The average Bonchev–Trinajstić information content (AvgIpc) is 2.36. The maximum absolute atomic E-state index is 11.9. The predicted octanol–water partition coefficient (Wildman–Crippen LogP) is 2.23. The molecule has 1 rings (SSSR count). The first-order valence-corrected chi connectivity index (χ1v) is 7.20. The van der Waals surface area contributed by atoms with E-state index in [1.165, 1.54) is 0 Å². The van der Waals surface area contributed by atoms with Crippen LogP contribution in [-0.2, 0) is 20.7 Å².